The number of benzene rings is 1. The molecule has 0 unspecified atom stereocenters. The molecule has 1 aromatic carbocycles. The highest BCUT2D eigenvalue weighted by atomic mass is 32.1. The van der Waals surface area contributed by atoms with Gasteiger partial charge in [0.1, 0.15) is 10.8 Å². The SMILES string of the molecule is COc1ccc(CN(C)C(=O)COC(=O)c2csc(-c3cccs3)n2)cc1. The lowest BCUT2D eigenvalue weighted by molar-refractivity contribution is -0.133. The lowest BCUT2D eigenvalue weighted by Gasteiger charge is -2.17. The van der Waals surface area contributed by atoms with E-state index in [2.05, 4.69) is 4.98 Å². The second kappa shape index (κ2) is 8.79. The number of thiophene rings is 1. The molecule has 2 heterocycles. The molecule has 3 aromatic rings. The number of hydrogen-bond donors (Lipinski definition) is 0. The summed E-state index contributed by atoms with van der Waals surface area (Å²) in [5.74, 6) is -0.125. The van der Waals surface area contributed by atoms with Crippen LogP contribution < -0.4 is 4.74 Å². The number of esters is 1. The van der Waals surface area contributed by atoms with E-state index in [1.807, 2.05) is 41.8 Å². The predicted molar refractivity (Wildman–Crippen MR) is 105 cm³/mol. The van der Waals surface area contributed by atoms with Crippen molar-refractivity contribution in [3.05, 3.63) is 58.4 Å². The van der Waals surface area contributed by atoms with Gasteiger partial charge in [-0.2, -0.15) is 0 Å². The van der Waals surface area contributed by atoms with Crippen LogP contribution in [0.5, 0.6) is 5.75 Å². The number of methoxy groups -OCH3 is 1. The molecule has 0 N–H and O–H groups in total. The zero-order valence-corrected chi connectivity index (χ0v) is 16.5. The first kappa shape index (κ1) is 19.1. The van der Waals surface area contributed by atoms with E-state index in [0.717, 1.165) is 21.2 Å². The van der Waals surface area contributed by atoms with Gasteiger partial charge in [-0.3, -0.25) is 4.79 Å². The first-order chi connectivity index (χ1) is 13.1. The highest BCUT2D eigenvalue weighted by molar-refractivity contribution is 7.20. The number of nitrogens with zero attached hydrogens (tertiary/aromatic N) is 2. The van der Waals surface area contributed by atoms with Crippen molar-refractivity contribution >= 4 is 34.6 Å². The van der Waals surface area contributed by atoms with E-state index in [4.69, 9.17) is 9.47 Å². The largest absolute Gasteiger partial charge is 0.497 e. The van der Waals surface area contributed by atoms with Crippen LogP contribution >= 0.6 is 22.7 Å². The maximum atomic E-state index is 12.2. The molecule has 3 rings (SSSR count). The molecule has 0 spiro atoms. The Bertz CT molecular complexity index is 904. The van der Waals surface area contributed by atoms with E-state index in [1.165, 1.54) is 16.2 Å². The molecule has 0 saturated heterocycles. The molecule has 8 heteroatoms. The quantitative estimate of drug-likeness (QED) is 0.564. The zero-order chi connectivity index (χ0) is 19.2. The third-order valence-corrected chi connectivity index (χ3v) is 5.66. The molecule has 0 aliphatic rings. The van der Waals surface area contributed by atoms with Gasteiger partial charge in [-0.15, -0.1) is 22.7 Å². The number of aromatic nitrogens is 1. The second-order valence-electron chi connectivity index (χ2n) is 5.69. The summed E-state index contributed by atoms with van der Waals surface area (Å²) in [5.41, 5.74) is 1.17. The molecular formula is C19H18N2O4S2. The van der Waals surface area contributed by atoms with Gasteiger partial charge < -0.3 is 14.4 Å². The normalized spacial score (nSPS) is 10.4. The van der Waals surface area contributed by atoms with Crippen LogP contribution in [0, 0.1) is 0 Å². The van der Waals surface area contributed by atoms with Crippen molar-refractivity contribution in [2.24, 2.45) is 0 Å². The highest BCUT2D eigenvalue weighted by Gasteiger charge is 2.17. The predicted octanol–water partition coefficient (Wildman–Crippen LogP) is 3.70. The molecule has 0 radical (unpaired) electrons. The summed E-state index contributed by atoms with van der Waals surface area (Å²) >= 11 is 2.93. The Morgan fingerprint density at radius 2 is 1.93 bits per heavy atom. The first-order valence-corrected chi connectivity index (χ1v) is 9.86. The molecule has 0 atom stereocenters. The monoisotopic (exact) mass is 402 g/mol. The summed E-state index contributed by atoms with van der Waals surface area (Å²) in [4.78, 5) is 31.1. The van der Waals surface area contributed by atoms with Crippen molar-refractivity contribution in [2.75, 3.05) is 20.8 Å². The molecule has 0 bridgehead atoms. The van der Waals surface area contributed by atoms with E-state index >= 15 is 0 Å². The van der Waals surface area contributed by atoms with E-state index < -0.39 is 5.97 Å². The third-order valence-electron chi connectivity index (χ3n) is 3.78. The maximum Gasteiger partial charge on any atom is 0.358 e. The standard InChI is InChI=1S/C19H18N2O4S2/c1-21(10-13-5-7-14(24-2)8-6-13)17(22)11-25-19(23)15-12-27-18(20-15)16-4-3-9-26-16/h3-9,12H,10-11H2,1-2H3. The zero-order valence-electron chi connectivity index (χ0n) is 14.9. The number of likely N-dealkylation sites (N-methyl/N-ethyl adjacent to an activating group) is 1. The smallest absolute Gasteiger partial charge is 0.358 e. The van der Waals surface area contributed by atoms with Crippen molar-refractivity contribution in [3.63, 3.8) is 0 Å². The molecular weight excluding hydrogens is 384 g/mol. The van der Waals surface area contributed by atoms with Crippen LogP contribution in [0.4, 0.5) is 0 Å². The fourth-order valence-electron chi connectivity index (χ4n) is 2.29. The molecule has 0 aliphatic carbocycles. The van der Waals surface area contributed by atoms with E-state index in [-0.39, 0.29) is 18.2 Å². The topological polar surface area (TPSA) is 68.7 Å². The van der Waals surface area contributed by atoms with Crippen molar-refractivity contribution < 1.29 is 19.1 Å². The molecule has 27 heavy (non-hydrogen) atoms. The minimum atomic E-state index is -0.597. The minimum Gasteiger partial charge on any atom is -0.497 e. The van der Waals surface area contributed by atoms with Crippen LogP contribution in [0.1, 0.15) is 16.1 Å². The summed E-state index contributed by atoms with van der Waals surface area (Å²) in [6.07, 6.45) is 0. The Balaban J connectivity index is 1.51. The van der Waals surface area contributed by atoms with Crippen LogP contribution in [-0.2, 0) is 16.1 Å². The average Bonchev–Trinajstić information content (AvgIpc) is 3.37. The highest BCUT2D eigenvalue weighted by Crippen LogP contribution is 2.27. The molecule has 140 valence electrons. The van der Waals surface area contributed by atoms with Crippen molar-refractivity contribution in [1.82, 2.24) is 9.88 Å². The van der Waals surface area contributed by atoms with Gasteiger partial charge in [-0.25, -0.2) is 9.78 Å². The second-order valence-corrected chi connectivity index (χ2v) is 7.50. The van der Waals surface area contributed by atoms with Crippen molar-refractivity contribution in [1.29, 1.82) is 0 Å². The lowest BCUT2D eigenvalue weighted by atomic mass is 10.2. The molecule has 0 fully saturated rings. The molecule has 0 saturated carbocycles. The fourth-order valence-corrected chi connectivity index (χ4v) is 3.89. The molecule has 2 aromatic heterocycles. The maximum absolute atomic E-state index is 12.2. The van der Waals surface area contributed by atoms with E-state index in [0.29, 0.717) is 6.54 Å². The number of hydrogen-bond acceptors (Lipinski definition) is 7. The Labute approximate surface area is 165 Å². The minimum absolute atomic E-state index is 0.217. The number of amides is 1. The molecule has 1 amide bonds. The Hall–Kier alpha value is -2.71. The number of rotatable bonds is 7. The van der Waals surface area contributed by atoms with E-state index in [9.17, 15) is 9.59 Å². The summed E-state index contributed by atoms with van der Waals surface area (Å²) in [6.45, 7) is 0.0942. The van der Waals surface area contributed by atoms with Gasteiger partial charge in [-0.05, 0) is 29.1 Å². The molecule has 6 nitrogen and oxygen atoms in total. The summed E-state index contributed by atoms with van der Waals surface area (Å²) < 4.78 is 10.2. The van der Waals surface area contributed by atoms with Gasteiger partial charge >= 0.3 is 5.97 Å². The fraction of sp³-hybridized carbons (Fsp3) is 0.211. The number of ether oxygens (including phenoxy) is 2. The van der Waals surface area contributed by atoms with Crippen LogP contribution in [0.3, 0.4) is 0 Å². The Morgan fingerprint density at radius 3 is 2.59 bits per heavy atom. The number of carbonyl (C=O) groups excluding carboxylic acids is 2. The average molecular weight is 402 g/mol. The Kier molecular flexibility index (Phi) is 6.20. The van der Waals surface area contributed by atoms with Crippen molar-refractivity contribution in [2.45, 2.75) is 6.54 Å². The van der Waals surface area contributed by atoms with Gasteiger partial charge in [0, 0.05) is 19.0 Å². The van der Waals surface area contributed by atoms with Crippen LogP contribution in [0.25, 0.3) is 9.88 Å². The number of thiazole rings is 1. The van der Waals surface area contributed by atoms with Crippen LogP contribution in [0.2, 0.25) is 0 Å². The first-order valence-electron chi connectivity index (χ1n) is 8.10. The van der Waals surface area contributed by atoms with E-state index in [1.54, 1.807) is 30.9 Å². The molecule has 0 aliphatic heterocycles. The van der Waals surface area contributed by atoms with Gasteiger partial charge in [0.15, 0.2) is 12.3 Å². The lowest BCUT2D eigenvalue weighted by Crippen LogP contribution is -2.30. The van der Waals surface area contributed by atoms with Gasteiger partial charge in [-0.1, -0.05) is 18.2 Å². The summed E-state index contributed by atoms with van der Waals surface area (Å²) in [6, 6.07) is 11.3. The summed E-state index contributed by atoms with van der Waals surface area (Å²) in [7, 11) is 3.27. The number of carbonyl (C=O) groups is 2. The van der Waals surface area contributed by atoms with Crippen LogP contribution in [-0.4, -0.2) is 42.5 Å². The van der Waals surface area contributed by atoms with Crippen LogP contribution in [0.15, 0.2) is 47.2 Å². The van der Waals surface area contributed by atoms with Crippen molar-refractivity contribution in [3.8, 4) is 15.6 Å². The van der Waals surface area contributed by atoms with Gasteiger partial charge in [0.2, 0.25) is 0 Å². The third kappa shape index (κ3) is 4.93. The van der Waals surface area contributed by atoms with Gasteiger partial charge in [0.25, 0.3) is 5.91 Å². The Morgan fingerprint density at radius 1 is 1.15 bits per heavy atom. The van der Waals surface area contributed by atoms with Gasteiger partial charge in [0.05, 0.1) is 12.0 Å². The summed E-state index contributed by atoms with van der Waals surface area (Å²) in [5, 5.41) is 4.36.